The molecule has 136 valence electrons. The number of carbonyl (C=O) groups excluding carboxylic acids is 2. The number of benzene rings is 1. The first kappa shape index (κ1) is 17.7. The van der Waals surface area contributed by atoms with Gasteiger partial charge in [-0.3, -0.25) is 9.69 Å². The third-order valence-electron chi connectivity index (χ3n) is 5.18. The summed E-state index contributed by atoms with van der Waals surface area (Å²) < 4.78 is 0. The minimum atomic E-state index is -0.0877. The monoisotopic (exact) mass is 344 g/mol. The van der Waals surface area contributed by atoms with E-state index in [1.807, 2.05) is 47.2 Å². The summed E-state index contributed by atoms with van der Waals surface area (Å²) in [5.41, 5.74) is 0.800. The number of hydrogen-bond donors (Lipinski definition) is 1. The van der Waals surface area contributed by atoms with Gasteiger partial charge in [0.25, 0.3) is 0 Å². The molecule has 1 unspecified atom stereocenters. The van der Waals surface area contributed by atoms with Gasteiger partial charge < -0.3 is 15.1 Å². The molecule has 2 fully saturated rings. The lowest BCUT2D eigenvalue weighted by molar-refractivity contribution is -0.137. The van der Waals surface area contributed by atoms with Gasteiger partial charge in [-0.2, -0.15) is 0 Å². The highest BCUT2D eigenvalue weighted by Gasteiger charge is 2.31. The van der Waals surface area contributed by atoms with Gasteiger partial charge in [-0.05, 0) is 45.0 Å². The number of likely N-dealkylation sites (tertiary alicyclic amines) is 1. The SMILES string of the molecule is CN1CCCCC1C(=O)N1CCCN(C(=O)Nc2ccccc2)CC1. The van der Waals surface area contributed by atoms with Crippen molar-refractivity contribution in [1.82, 2.24) is 14.7 Å². The lowest BCUT2D eigenvalue weighted by Crippen LogP contribution is -2.50. The maximum absolute atomic E-state index is 12.8. The van der Waals surface area contributed by atoms with Gasteiger partial charge in [0, 0.05) is 31.9 Å². The van der Waals surface area contributed by atoms with E-state index in [-0.39, 0.29) is 18.0 Å². The summed E-state index contributed by atoms with van der Waals surface area (Å²) in [5.74, 6) is 0.229. The first-order valence-electron chi connectivity index (χ1n) is 9.25. The summed E-state index contributed by atoms with van der Waals surface area (Å²) in [6, 6.07) is 9.41. The van der Waals surface area contributed by atoms with Gasteiger partial charge in [0.1, 0.15) is 0 Å². The summed E-state index contributed by atoms with van der Waals surface area (Å²) in [4.78, 5) is 31.2. The van der Waals surface area contributed by atoms with Crippen LogP contribution < -0.4 is 5.32 Å². The molecular formula is C19H28N4O2. The number of nitrogens with zero attached hydrogens (tertiary/aromatic N) is 3. The highest BCUT2D eigenvalue weighted by atomic mass is 16.2. The molecule has 2 saturated heterocycles. The van der Waals surface area contributed by atoms with E-state index in [1.165, 1.54) is 6.42 Å². The van der Waals surface area contributed by atoms with Gasteiger partial charge in [-0.15, -0.1) is 0 Å². The molecule has 2 heterocycles. The van der Waals surface area contributed by atoms with Crippen LogP contribution in [-0.4, -0.2) is 72.5 Å². The summed E-state index contributed by atoms with van der Waals surface area (Å²) in [7, 11) is 2.04. The molecule has 2 aliphatic rings. The molecule has 0 spiro atoms. The molecule has 0 aliphatic carbocycles. The summed E-state index contributed by atoms with van der Waals surface area (Å²) in [5, 5.41) is 2.93. The predicted molar refractivity (Wildman–Crippen MR) is 98.5 cm³/mol. The number of urea groups is 1. The number of piperidine rings is 1. The number of anilines is 1. The smallest absolute Gasteiger partial charge is 0.321 e. The molecular weight excluding hydrogens is 316 g/mol. The van der Waals surface area contributed by atoms with Crippen molar-refractivity contribution in [2.24, 2.45) is 0 Å². The van der Waals surface area contributed by atoms with Crippen LogP contribution in [0.5, 0.6) is 0 Å². The molecule has 0 aromatic heterocycles. The largest absolute Gasteiger partial charge is 0.339 e. The fraction of sp³-hybridized carbons (Fsp3) is 0.579. The van der Waals surface area contributed by atoms with Crippen molar-refractivity contribution in [2.75, 3.05) is 45.1 Å². The minimum absolute atomic E-state index is 0.0124. The van der Waals surface area contributed by atoms with Gasteiger partial charge in [-0.1, -0.05) is 24.6 Å². The van der Waals surface area contributed by atoms with Crippen molar-refractivity contribution in [3.8, 4) is 0 Å². The van der Waals surface area contributed by atoms with Crippen molar-refractivity contribution in [3.05, 3.63) is 30.3 Å². The highest BCUT2D eigenvalue weighted by molar-refractivity contribution is 5.89. The average molecular weight is 344 g/mol. The predicted octanol–water partition coefficient (Wildman–Crippen LogP) is 2.24. The van der Waals surface area contributed by atoms with E-state index in [9.17, 15) is 9.59 Å². The Kier molecular flexibility index (Phi) is 5.91. The molecule has 0 saturated carbocycles. The van der Waals surface area contributed by atoms with Crippen LogP contribution >= 0.6 is 0 Å². The van der Waals surface area contributed by atoms with Crippen LogP contribution in [0.4, 0.5) is 10.5 Å². The zero-order valence-electron chi connectivity index (χ0n) is 15.0. The van der Waals surface area contributed by atoms with Crippen LogP contribution in [0.25, 0.3) is 0 Å². The first-order chi connectivity index (χ1) is 12.1. The van der Waals surface area contributed by atoms with E-state index in [0.29, 0.717) is 19.6 Å². The second-order valence-corrected chi connectivity index (χ2v) is 6.95. The highest BCUT2D eigenvalue weighted by Crippen LogP contribution is 2.18. The van der Waals surface area contributed by atoms with Crippen LogP contribution in [0.3, 0.4) is 0 Å². The Bertz CT molecular complexity index is 592. The van der Waals surface area contributed by atoms with Crippen molar-refractivity contribution in [1.29, 1.82) is 0 Å². The molecule has 0 radical (unpaired) electrons. The molecule has 6 nitrogen and oxygen atoms in total. The third-order valence-corrected chi connectivity index (χ3v) is 5.18. The zero-order valence-corrected chi connectivity index (χ0v) is 15.0. The summed E-state index contributed by atoms with van der Waals surface area (Å²) >= 11 is 0. The van der Waals surface area contributed by atoms with E-state index in [2.05, 4.69) is 10.2 Å². The molecule has 3 amide bonds. The number of carbonyl (C=O) groups is 2. The summed E-state index contributed by atoms with van der Waals surface area (Å²) in [6.07, 6.45) is 4.07. The van der Waals surface area contributed by atoms with Crippen molar-refractivity contribution in [3.63, 3.8) is 0 Å². The van der Waals surface area contributed by atoms with E-state index in [0.717, 1.165) is 38.0 Å². The Morgan fingerprint density at radius 1 is 0.920 bits per heavy atom. The molecule has 1 aromatic rings. The van der Waals surface area contributed by atoms with E-state index >= 15 is 0 Å². The Morgan fingerprint density at radius 2 is 1.64 bits per heavy atom. The van der Waals surface area contributed by atoms with Gasteiger partial charge in [0.2, 0.25) is 5.91 Å². The quantitative estimate of drug-likeness (QED) is 0.895. The van der Waals surface area contributed by atoms with Crippen LogP contribution in [0, 0.1) is 0 Å². The fourth-order valence-electron chi connectivity index (χ4n) is 3.66. The topological polar surface area (TPSA) is 55.9 Å². The molecule has 3 rings (SSSR count). The first-order valence-corrected chi connectivity index (χ1v) is 9.25. The Balaban J connectivity index is 1.54. The maximum atomic E-state index is 12.8. The molecule has 2 aliphatic heterocycles. The van der Waals surface area contributed by atoms with E-state index in [4.69, 9.17) is 0 Å². The lowest BCUT2D eigenvalue weighted by atomic mass is 10.0. The van der Waals surface area contributed by atoms with Crippen molar-refractivity contribution in [2.45, 2.75) is 31.7 Å². The Hall–Kier alpha value is -2.08. The van der Waals surface area contributed by atoms with E-state index < -0.39 is 0 Å². The molecule has 25 heavy (non-hydrogen) atoms. The number of likely N-dealkylation sites (N-methyl/N-ethyl adjacent to an activating group) is 1. The second-order valence-electron chi connectivity index (χ2n) is 6.95. The number of para-hydroxylation sites is 1. The zero-order chi connectivity index (χ0) is 17.6. The number of rotatable bonds is 2. The Morgan fingerprint density at radius 3 is 2.40 bits per heavy atom. The minimum Gasteiger partial charge on any atom is -0.339 e. The van der Waals surface area contributed by atoms with Gasteiger partial charge in [0.15, 0.2) is 0 Å². The number of hydrogen-bond acceptors (Lipinski definition) is 3. The van der Waals surface area contributed by atoms with Crippen molar-refractivity contribution < 1.29 is 9.59 Å². The summed E-state index contributed by atoms with van der Waals surface area (Å²) in [6.45, 7) is 3.61. The molecule has 0 bridgehead atoms. The standard InChI is InChI=1S/C19H28N4O2/c1-21-11-6-5-10-17(21)18(24)22-12-7-13-23(15-14-22)19(25)20-16-8-3-2-4-9-16/h2-4,8-9,17H,5-7,10-15H2,1H3,(H,20,25). The molecule has 1 atom stereocenters. The van der Waals surface area contributed by atoms with Crippen LogP contribution in [-0.2, 0) is 4.79 Å². The molecule has 1 N–H and O–H groups in total. The van der Waals surface area contributed by atoms with Crippen LogP contribution in [0.2, 0.25) is 0 Å². The normalized spacial score (nSPS) is 22.4. The van der Waals surface area contributed by atoms with Crippen LogP contribution in [0.15, 0.2) is 30.3 Å². The fourth-order valence-corrected chi connectivity index (χ4v) is 3.66. The van der Waals surface area contributed by atoms with Crippen molar-refractivity contribution >= 4 is 17.6 Å². The average Bonchev–Trinajstić information content (AvgIpc) is 2.89. The van der Waals surface area contributed by atoms with Gasteiger partial charge in [-0.25, -0.2) is 4.79 Å². The third kappa shape index (κ3) is 4.51. The second kappa shape index (κ2) is 8.34. The molecule has 6 heteroatoms. The van der Waals surface area contributed by atoms with E-state index in [1.54, 1.807) is 0 Å². The Labute approximate surface area is 149 Å². The van der Waals surface area contributed by atoms with Gasteiger partial charge in [0.05, 0.1) is 6.04 Å². The molecule has 1 aromatic carbocycles. The number of amides is 3. The van der Waals surface area contributed by atoms with Crippen LogP contribution in [0.1, 0.15) is 25.7 Å². The maximum Gasteiger partial charge on any atom is 0.321 e. The lowest BCUT2D eigenvalue weighted by Gasteiger charge is -2.35. The number of nitrogens with one attached hydrogen (secondary N) is 1. The van der Waals surface area contributed by atoms with Gasteiger partial charge >= 0.3 is 6.03 Å².